The van der Waals surface area contributed by atoms with E-state index in [1.165, 1.54) is 32.1 Å². The molecule has 4 atom stereocenters. The molecule has 0 amide bonds. The molecule has 4 unspecified atom stereocenters. The summed E-state index contributed by atoms with van der Waals surface area (Å²) < 4.78 is 5.92. The summed E-state index contributed by atoms with van der Waals surface area (Å²) in [5, 5.41) is 0. The fourth-order valence-electron chi connectivity index (χ4n) is 3.64. The lowest BCUT2D eigenvalue weighted by atomic mass is 9.67. The molecular weight excluding hydrogens is 184 g/mol. The van der Waals surface area contributed by atoms with Crippen LogP contribution in [0.4, 0.5) is 0 Å². The summed E-state index contributed by atoms with van der Waals surface area (Å²) in [6.45, 7) is 8.21. The lowest BCUT2D eigenvalue weighted by Gasteiger charge is -2.40. The van der Waals surface area contributed by atoms with Gasteiger partial charge in [0.1, 0.15) is 0 Å². The first-order chi connectivity index (χ1) is 7.18. The molecule has 15 heavy (non-hydrogen) atoms. The fraction of sp³-hybridized carbons (Fsp3) is 1.00. The van der Waals surface area contributed by atoms with Crippen molar-refractivity contribution in [3.05, 3.63) is 0 Å². The first kappa shape index (κ1) is 11.4. The standard InChI is InChI=1S/C14H26O/c1-10(2)12-7-6-11(3)9-13(12)14-5-4-8-15-14/h10-14H,4-9H2,1-3H3. The van der Waals surface area contributed by atoms with Gasteiger partial charge in [-0.1, -0.05) is 27.2 Å². The van der Waals surface area contributed by atoms with E-state index in [1.54, 1.807) is 0 Å². The third kappa shape index (κ3) is 2.55. The van der Waals surface area contributed by atoms with Gasteiger partial charge in [-0.2, -0.15) is 0 Å². The molecule has 0 aromatic carbocycles. The average molecular weight is 210 g/mol. The van der Waals surface area contributed by atoms with Gasteiger partial charge in [0, 0.05) is 6.61 Å². The molecule has 0 spiro atoms. The first-order valence-corrected chi connectivity index (χ1v) is 6.80. The Morgan fingerprint density at radius 2 is 1.93 bits per heavy atom. The highest BCUT2D eigenvalue weighted by molar-refractivity contribution is 4.87. The molecule has 1 heterocycles. The lowest BCUT2D eigenvalue weighted by molar-refractivity contribution is -0.00376. The molecule has 1 heteroatoms. The number of ether oxygens (including phenoxy) is 1. The molecule has 1 saturated heterocycles. The number of rotatable bonds is 2. The summed E-state index contributed by atoms with van der Waals surface area (Å²) in [6.07, 6.45) is 7.49. The zero-order chi connectivity index (χ0) is 10.8. The van der Waals surface area contributed by atoms with E-state index < -0.39 is 0 Å². The van der Waals surface area contributed by atoms with Gasteiger partial charge in [0.2, 0.25) is 0 Å². The quantitative estimate of drug-likeness (QED) is 0.672. The van der Waals surface area contributed by atoms with Crippen molar-refractivity contribution in [3.63, 3.8) is 0 Å². The van der Waals surface area contributed by atoms with Crippen LogP contribution in [0.3, 0.4) is 0 Å². The zero-order valence-corrected chi connectivity index (χ0v) is 10.5. The Morgan fingerprint density at radius 1 is 1.13 bits per heavy atom. The Kier molecular flexibility index (Phi) is 3.71. The molecule has 1 saturated carbocycles. The van der Waals surface area contributed by atoms with Gasteiger partial charge in [0.15, 0.2) is 0 Å². The molecule has 0 bridgehead atoms. The maximum atomic E-state index is 5.92. The Balaban J connectivity index is 2.01. The van der Waals surface area contributed by atoms with Gasteiger partial charge >= 0.3 is 0 Å². The highest BCUT2D eigenvalue weighted by Gasteiger charge is 2.37. The van der Waals surface area contributed by atoms with E-state index in [-0.39, 0.29) is 0 Å². The molecule has 2 aliphatic rings. The van der Waals surface area contributed by atoms with Gasteiger partial charge in [-0.05, 0) is 49.4 Å². The van der Waals surface area contributed by atoms with Crippen LogP contribution >= 0.6 is 0 Å². The molecule has 1 aliphatic carbocycles. The van der Waals surface area contributed by atoms with Crippen LogP contribution in [0.15, 0.2) is 0 Å². The molecule has 0 aromatic heterocycles. The van der Waals surface area contributed by atoms with Crippen LogP contribution < -0.4 is 0 Å². The molecule has 0 N–H and O–H groups in total. The van der Waals surface area contributed by atoms with E-state index >= 15 is 0 Å². The Morgan fingerprint density at radius 3 is 2.53 bits per heavy atom. The second-order valence-corrected chi connectivity index (χ2v) is 6.04. The predicted octanol–water partition coefficient (Wildman–Crippen LogP) is 3.87. The molecule has 88 valence electrons. The average Bonchev–Trinajstić information content (AvgIpc) is 2.69. The van der Waals surface area contributed by atoms with Crippen LogP contribution in [0, 0.1) is 23.7 Å². The van der Waals surface area contributed by atoms with Crippen LogP contribution in [-0.4, -0.2) is 12.7 Å². The maximum Gasteiger partial charge on any atom is 0.0606 e. The van der Waals surface area contributed by atoms with E-state index in [0.717, 1.165) is 30.3 Å². The van der Waals surface area contributed by atoms with E-state index in [4.69, 9.17) is 4.74 Å². The topological polar surface area (TPSA) is 9.23 Å². The summed E-state index contributed by atoms with van der Waals surface area (Å²) >= 11 is 0. The van der Waals surface area contributed by atoms with Crippen LogP contribution in [0.25, 0.3) is 0 Å². The van der Waals surface area contributed by atoms with Crippen LogP contribution in [0.1, 0.15) is 52.9 Å². The molecule has 0 radical (unpaired) electrons. The number of hydrogen-bond donors (Lipinski definition) is 0. The summed E-state index contributed by atoms with van der Waals surface area (Å²) in [5.74, 6) is 3.54. The minimum Gasteiger partial charge on any atom is -0.378 e. The predicted molar refractivity (Wildman–Crippen MR) is 63.8 cm³/mol. The SMILES string of the molecule is CC1CCC(C(C)C)C(C2CCCO2)C1. The van der Waals surface area contributed by atoms with E-state index in [2.05, 4.69) is 20.8 Å². The fourth-order valence-corrected chi connectivity index (χ4v) is 3.64. The molecule has 1 nitrogen and oxygen atoms in total. The molecule has 1 aliphatic heterocycles. The normalized spacial score (nSPS) is 42.4. The van der Waals surface area contributed by atoms with Crippen molar-refractivity contribution in [2.24, 2.45) is 23.7 Å². The van der Waals surface area contributed by atoms with Crippen molar-refractivity contribution in [1.29, 1.82) is 0 Å². The largest absolute Gasteiger partial charge is 0.378 e. The Hall–Kier alpha value is -0.0400. The van der Waals surface area contributed by atoms with Gasteiger partial charge < -0.3 is 4.74 Å². The highest BCUT2D eigenvalue weighted by atomic mass is 16.5. The van der Waals surface area contributed by atoms with Gasteiger partial charge in [-0.25, -0.2) is 0 Å². The van der Waals surface area contributed by atoms with Crippen LogP contribution in [0.5, 0.6) is 0 Å². The summed E-state index contributed by atoms with van der Waals surface area (Å²) in [5.41, 5.74) is 0. The summed E-state index contributed by atoms with van der Waals surface area (Å²) in [7, 11) is 0. The van der Waals surface area contributed by atoms with Crippen molar-refractivity contribution in [2.45, 2.75) is 59.0 Å². The molecule has 0 aromatic rings. The second kappa shape index (κ2) is 4.86. The zero-order valence-electron chi connectivity index (χ0n) is 10.5. The van der Waals surface area contributed by atoms with Gasteiger partial charge in [-0.3, -0.25) is 0 Å². The smallest absolute Gasteiger partial charge is 0.0606 e. The molecule has 2 fully saturated rings. The Bertz CT molecular complexity index is 194. The van der Waals surface area contributed by atoms with Crippen molar-refractivity contribution < 1.29 is 4.74 Å². The molecular formula is C14H26O. The van der Waals surface area contributed by atoms with Crippen LogP contribution in [0.2, 0.25) is 0 Å². The monoisotopic (exact) mass is 210 g/mol. The van der Waals surface area contributed by atoms with E-state index in [0.29, 0.717) is 6.10 Å². The van der Waals surface area contributed by atoms with E-state index in [9.17, 15) is 0 Å². The minimum atomic E-state index is 0.597. The van der Waals surface area contributed by atoms with Crippen LogP contribution in [-0.2, 0) is 4.74 Å². The minimum absolute atomic E-state index is 0.597. The van der Waals surface area contributed by atoms with Crippen molar-refractivity contribution >= 4 is 0 Å². The third-order valence-corrected chi connectivity index (χ3v) is 4.52. The maximum absolute atomic E-state index is 5.92. The third-order valence-electron chi connectivity index (χ3n) is 4.52. The Labute approximate surface area is 94.6 Å². The van der Waals surface area contributed by atoms with Gasteiger partial charge in [-0.15, -0.1) is 0 Å². The van der Waals surface area contributed by atoms with E-state index in [1.807, 2.05) is 0 Å². The molecule has 2 rings (SSSR count). The van der Waals surface area contributed by atoms with Crippen molar-refractivity contribution in [3.8, 4) is 0 Å². The summed E-state index contributed by atoms with van der Waals surface area (Å²) in [6, 6.07) is 0. The summed E-state index contributed by atoms with van der Waals surface area (Å²) in [4.78, 5) is 0. The lowest BCUT2D eigenvalue weighted by Crippen LogP contribution is -2.35. The van der Waals surface area contributed by atoms with Crippen molar-refractivity contribution in [1.82, 2.24) is 0 Å². The van der Waals surface area contributed by atoms with Gasteiger partial charge in [0.25, 0.3) is 0 Å². The second-order valence-electron chi connectivity index (χ2n) is 6.04. The first-order valence-electron chi connectivity index (χ1n) is 6.80. The number of hydrogen-bond acceptors (Lipinski definition) is 1. The highest BCUT2D eigenvalue weighted by Crippen LogP contribution is 2.42. The van der Waals surface area contributed by atoms with Crippen molar-refractivity contribution in [2.75, 3.05) is 6.61 Å². The van der Waals surface area contributed by atoms with Gasteiger partial charge in [0.05, 0.1) is 6.10 Å².